The summed E-state index contributed by atoms with van der Waals surface area (Å²) >= 11 is 0. The van der Waals surface area contributed by atoms with Crippen LogP contribution in [0, 0.1) is 12.8 Å². The fourth-order valence-corrected chi connectivity index (χ4v) is 3.20. The van der Waals surface area contributed by atoms with Crippen molar-refractivity contribution >= 4 is 11.9 Å². The molecule has 5 heteroatoms. The number of hydrogen-bond donors (Lipinski definition) is 2. The highest BCUT2D eigenvalue weighted by atomic mass is 16.4. The number of aliphatic carboxylic acids is 1. The molecule has 0 radical (unpaired) electrons. The third-order valence-electron chi connectivity index (χ3n) is 4.38. The summed E-state index contributed by atoms with van der Waals surface area (Å²) in [5, 5.41) is 11.9. The number of carbonyl (C=O) groups is 2. The Hall–Kier alpha value is -1.78. The van der Waals surface area contributed by atoms with Crippen molar-refractivity contribution in [2.45, 2.75) is 64.3 Å². The Morgan fingerprint density at radius 2 is 2.09 bits per heavy atom. The highest BCUT2D eigenvalue weighted by molar-refractivity contribution is 5.94. The van der Waals surface area contributed by atoms with Crippen LogP contribution in [0.1, 0.15) is 67.5 Å². The lowest BCUT2D eigenvalue weighted by atomic mass is 9.84. The van der Waals surface area contributed by atoms with E-state index >= 15 is 0 Å². The van der Waals surface area contributed by atoms with E-state index in [2.05, 4.69) is 5.32 Å². The molecular formula is C17H25NO4. The molecule has 1 saturated carbocycles. The highest BCUT2D eigenvalue weighted by Gasteiger charge is 2.22. The van der Waals surface area contributed by atoms with Crippen LogP contribution in [-0.4, -0.2) is 23.0 Å². The maximum atomic E-state index is 12.2. The second-order valence-corrected chi connectivity index (χ2v) is 6.29. The van der Waals surface area contributed by atoms with Crippen LogP contribution in [0.4, 0.5) is 0 Å². The van der Waals surface area contributed by atoms with Crippen molar-refractivity contribution in [2.75, 3.05) is 0 Å². The lowest BCUT2D eigenvalue weighted by Gasteiger charge is -2.27. The maximum absolute atomic E-state index is 12.2. The third kappa shape index (κ3) is 5.20. The van der Waals surface area contributed by atoms with Crippen molar-refractivity contribution in [3.05, 3.63) is 23.7 Å². The average molecular weight is 307 g/mol. The lowest BCUT2D eigenvalue weighted by molar-refractivity contribution is -0.137. The number of carbonyl (C=O) groups excluding carboxylic acids is 1. The van der Waals surface area contributed by atoms with Gasteiger partial charge in [-0.05, 0) is 31.7 Å². The number of rotatable bonds is 7. The van der Waals surface area contributed by atoms with Gasteiger partial charge >= 0.3 is 5.97 Å². The zero-order valence-corrected chi connectivity index (χ0v) is 13.1. The van der Waals surface area contributed by atoms with Gasteiger partial charge in [0, 0.05) is 12.5 Å². The van der Waals surface area contributed by atoms with Crippen LogP contribution in [0.15, 0.2) is 16.7 Å². The first-order valence-electron chi connectivity index (χ1n) is 8.12. The van der Waals surface area contributed by atoms with Crippen LogP contribution in [0.3, 0.4) is 0 Å². The Bertz CT molecular complexity index is 503. The van der Waals surface area contributed by atoms with Gasteiger partial charge in [-0.3, -0.25) is 9.59 Å². The average Bonchev–Trinajstić information content (AvgIpc) is 2.92. The molecule has 1 unspecified atom stereocenters. The maximum Gasteiger partial charge on any atom is 0.303 e. The van der Waals surface area contributed by atoms with Gasteiger partial charge < -0.3 is 14.8 Å². The number of nitrogens with one attached hydrogen (secondary N) is 1. The molecular weight excluding hydrogens is 282 g/mol. The summed E-state index contributed by atoms with van der Waals surface area (Å²) in [6.07, 6.45) is 9.02. The molecule has 1 fully saturated rings. The van der Waals surface area contributed by atoms with E-state index in [1.807, 2.05) is 0 Å². The normalized spacial score (nSPS) is 17.1. The summed E-state index contributed by atoms with van der Waals surface area (Å²) in [5.41, 5.74) is 0.501. The van der Waals surface area contributed by atoms with Crippen LogP contribution in [0.5, 0.6) is 0 Å². The van der Waals surface area contributed by atoms with E-state index in [4.69, 9.17) is 9.52 Å². The Labute approximate surface area is 131 Å². The molecule has 2 N–H and O–H groups in total. The standard InChI is InChI=1S/C17H25NO4/c1-12-9-14(11-22-12)17(21)18-15(7-8-16(19)20)10-13-5-3-2-4-6-13/h9,11,13,15H,2-8,10H2,1H3,(H,18,21)(H,19,20). The van der Waals surface area contributed by atoms with Crippen LogP contribution < -0.4 is 5.32 Å². The Morgan fingerprint density at radius 3 is 2.68 bits per heavy atom. The van der Waals surface area contributed by atoms with E-state index in [0.717, 1.165) is 6.42 Å². The van der Waals surface area contributed by atoms with Gasteiger partial charge in [0.1, 0.15) is 12.0 Å². The van der Waals surface area contributed by atoms with E-state index in [1.165, 1.54) is 38.4 Å². The van der Waals surface area contributed by atoms with Gasteiger partial charge in [0.25, 0.3) is 5.91 Å². The smallest absolute Gasteiger partial charge is 0.303 e. The minimum atomic E-state index is -0.818. The minimum absolute atomic E-state index is 0.0816. The van der Waals surface area contributed by atoms with E-state index in [0.29, 0.717) is 23.7 Å². The first-order chi connectivity index (χ1) is 10.5. The molecule has 0 aromatic carbocycles. The predicted molar refractivity (Wildman–Crippen MR) is 82.8 cm³/mol. The molecule has 1 aromatic rings. The van der Waals surface area contributed by atoms with Crippen LogP contribution >= 0.6 is 0 Å². The number of carboxylic acid groups (broad SMARTS) is 1. The van der Waals surface area contributed by atoms with Crippen LogP contribution in [0.25, 0.3) is 0 Å². The molecule has 1 heterocycles. The van der Waals surface area contributed by atoms with Gasteiger partial charge in [-0.15, -0.1) is 0 Å². The van der Waals surface area contributed by atoms with E-state index < -0.39 is 5.97 Å². The molecule has 0 saturated heterocycles. The van der Waals surface area contributed by atoms with E-state index in [9.17, 15) is 9.59 Å². The van der Waals surface area contributed by atoms with Crippen molar-refractivity contribution in [2.24, 2.45) is 5.92 Å². The minimum Gasteiger partial charge on any atom is -0.481 e. The van der Waals surface area contributed by atoms with Crippen LogP contribution in [-0.2, 0) is 4.79 Å². The zero-order chi connectivity index (χ0) is 15.9. The summed E-state index contributed by atoms with van der Waals surface area (Å²) in [4.78, 5) is 23.1. The van der Waals surface area contributed by atoms with Gasteiger partial charge in [-0.25, -0.2) is 0 Å². The quantitative estimate of drug-likeness (QED) is 0.807. The monoisotopic (exact) mass is 307 g/mol. The lowest BCUT2D eigenvalue weighted by Crippen LogP contribution is -2.37. The Morgan fingerprint density at radius 1 is 1.36 bits per heavy atom. The molecule has 1 aliphatic carbocycles. The SMILES string of the molecule is Cc1cc(C(=O)NC(CCC(=O)O)CC2CCCCC2)co1. The molecule has 1 amide bonds. The summed E-state index contributed by atoms with van der Waals surface area (Å²) in [6, 6.07) is 1.62. The molecule has 1 atom stereocenters. The molecule has 122 valence electrons. The van der Waals surface area contributed by atoms with Crippen LogP contribution in [0.2, 0.25) is 0 Å². The first-order valence-corrected chi connectivity index (χ1v) is 8.12. The van der Waals surface area contributed by atoms with Gasteiger partial charge in [0.15, 0.2) is 0 Å². The highest BCUT2D eigenvalue weighted by Crippen LogP contribution is 2.28. The second kappa shape index (κ2) is 8.01. The third-order valence-corrected chi connectivity index (χ3v) is 4.38. The summed E-state index contributed by atoms with van der Waals surface area (Å²) in [7, 11) is 0. The Balaban J connectivity index is 1.93. The fourth-order valence-electron chi connectivity index (χ4n) is 3.20. The second-order valence-electron chi connectivity index (χ2n) is 6.29. The van der Waals surface area contributed by atoms with Crippen molar-refractivity contribution in [1.29, 1.82) is 0 Å². The van der Waals surface area contributed by atoms with Gasteiger partial charge in [0.2, 0.25) is 0 Å². The number of carboxylic acids is 1. The van der Waals surface area contributed by atoms with Crippen molar-refractivity contribution in [3.8, 4) is 0 Å². The largest absolute Gasteiger partial charge is 0.481 e. The number of amides is 1. The number of aryl methyl sites for hydroxylation is 1. The molecule has 1 aromatic heterocycles. The Kier molecular flexibility index (Phi) is 6.04. The number of furan rings is 1. The predicted octanol–water partition coefficient (Wildman–Crippen LogP) is 3.52. The molecule has 1 aliphatic rings. The molecule has 0 spiro atoms. The van der Waals surface area contributed by atoms with E-state index in [-0.39, 0.29) is 18.4 Å². The molecule has 5 nitrogen and oxygen atoms in total. The van der Waals surface area contributed by atoms with Crippen molar-refractivity contribution < 1.29 is 19.1 Å². The first kappa shape index (κ1) is 16.6. The summed E-state index contributed by atoms with van der Waals surface area (Å²) < 4.78 is 5.16. The molecule has 22 heavy (non-hydrogen) atoms. The molecule has 0 aliphatic heterocycles. The zero-order valence-electron chi connectivity index (χ0n) is 13.1. The molecule has 0 bridgehead atoms. The van der Waals surface area contributed by atoms with Crippen molar-refractivity contribution in [1.82, 2.24) is 5.32 Å². The van der Waals surface area contributed by atoms with Gasteiger partial charge in [-0.1, -0.05) is 32.1 Å². The van der Waals surface area contributed by atoms with Gasteiger partial charge in [-0.2, -0.15) is 0 Å². The molecule has 2 rings (SSSR count). The summed E-state index contributed by atoms with van der Waals surface area (Å²) in [6.45, 7) is 1.79. The van der Waals surface area contributed by atoms with E-state index in [1.54, 1.807) is 13.0 Å². The summed E-state index contributed by atoms with van der Waals surface area (Å²) in [5.74, 6) is 0.295. The van der Waals surface area contributed by atoms with Gasteiger partial charge in [0.05, 0.1) is 5.56 Å². The van der Waals surface area contributed by atoms with Crippen molar-refractivity contribution in [3.63, 3.8) is 0 Å². The fraction of sp³-hybridized carbons (Fsp3) is 0.647. The number of hydrogen-bond acceptors (Lipinski definition) is 3. The topological polar surface area (TPSA) is 79.5 Å².